The lowest BCUT2D eigenvalue weighted by Crippen LogP contribution is -2.56. The maximum absolute atomic E-state index is 12.5. The molecule has 130 valence electrons. The Hall–Kier alpha value is -1.59. The van der Waals surface area contributed by atoms with Crippen LogP contribution in [0.5, 0.6) is 0 Å². The minimum Gasteiger partial charge on any atom is -0.339 e. The van der Waals surface area contributed by atoms with Crippen molar-refractivity contribution in [3.63, 3.8) is 0 Å². The smallest absolute Gasteiger partial charge is 0.239 e. The molecule has 5 nitrogen and oxygen atoms in total. The minimum atomic E-state index is -0.0378. The summed E-state index contributed by atoms with van der Waals surface area (Å²) in [6, 6.07) is 7.40. The van der Waals surface area contributed by atoms with Gasteiger partial charge >= 0.3 is 0 Å². The van der Waals surface area contributed by atoms with Crippen LogP contribution >= 0.6 is 11.6 Å². The molecular formula is C18H24ClN3O2. The van der Waals surface area contributed by atoms with E-state index in [0.717, 1.165) is 31.4 Å². The molecule has 2 heterocycles. The van der Waals surface area contributed by atoms with Gasteiger partial charge in [-0.05, 0) is 31.0 Å². The standard InChI is InChI=1S/C18H24ClN3O2/c19-15-6-2-1-5-14(15)13-17(23)21-9-11-22(12-10-21)18(24)16-7-3-4-8-20-16/h1-2,5-6,16,20H,3-4,7-13H2. The summed E-state index contributed by atoms with van der Waals surface area (Å²) in [7, 11) is 0. The number of benzene rings is 1. The number of hydrogen-bond donors (Lipinski definition) is 1. The largest absolute Gasteiger partial charge is 0.339 e. The molecule has 2 amide bonds. The van der Waals surface area contributed by atoms with Gasteiger partial charge in [-0.2, -0.15) is 0 Å². The van der Waals surface area contributed by atoms with Crippen molar-refractivity contribution in [3.8, 4) is 0 Å². The van der Waals surface area contributed by atoms with Crippen LogP contribution in [-0.2, 0) is 16.0 Å². The summed E-state index contributed by atoms with van der Waals surface area (Å²) in [5.74, 6) is 0.263. The number of piperazine rings is 1. The molecular weight excluding hydrogens is 326 g/mol. The van der Waals surface area contributed by atoms with Crippen LogP contribution in [0.25, 0.3) is 0 Å². The zero-order valence-corrected chi connectivity index (χ0v) is 14.6. The SMILES string of the molecule is O=C(Cc1ccccc1Cl)N1CCN(C(=O)C2CCCCN2)CC1. The summed E-state index contributed by atoms with van der Waals surface area (Å²) in [4.78, 5) is 28.7. The highest BCUT2D eigenvalue weighted by atomic mass is 35.5. The fourth-order valence-electron chi connectivity index (χ4n) is 3.38. The zero-order chi connectivity index (χ0) is 16.9. The molecule has 0 aliphatic carbocycles. The molecule has 2 fully saturated rings. The predicted molar refractivity (Wildman–Crippen MR) is 94.0 cm³/mol. The van der Waals surface area contributed by atoms with Crippen molar-refractivity contribution in [2.24, 2.45) is 0 Å². The van der Waals surface area contributed by atoms with Crippen molar-refractivity contribution >= 4 is 23.4 Å². The molecule has 0 radical (unpaired) electrons. The van der Waals surface area contributed by atoms with Gasteiger partial charge in [-0.15, -0.1) is 0 Å². The Kier molecular flexibility index (Phi) is 5.74. The maximum atomic E-state index is 12.5. The Morgan fingerprint density at radius 1 is 1.08 bits per heavy atom. The normalized spacial score (nSPS) is 21.6. The van der Waals surface area contributed by atoms with E-state index in [1.54, 1.807) is 6.07 Å². The lowest BCUT2D eigenvalue weighted by atomic mass is 10.0. The topological polar surface area (TPSA) is 52.7 Å². The average molecular weight is 350 g/mol. The van der Waals surface area contributed by atoms with Crippen molar-refractivity contribution in [2.75, 3.05) is 32.7 Å². The highest BCUT2D eigenvalue weighted by Crippen LogP contribution is 2.17. The van der Waals surface area contributed by atoms with Crippen LogP contribution in [0.2, 0.25) is 5.02 Å². The number of amides is 2. The van der Waals surface area contributed by atoms with Crippen molar-refractivity contribution < 1.29 is 9.59 Å². The molecule has 0 saturated carbocycles. The Morgan fingerprint density at radius 3 is 2.46 bits per heavy atom. The van der Waals surface area contributed by atoms with Gasteiger partial charge in [0.05, 0.1) is 12.5 Å². The van der Waals surface area contributed by atoms with E-state index >= 15 is 0 Å². The molecule has 2 aliphatic heterocycles. The second-order valence-electron chi connectivity index (χ2n) is 6.48. The van der Waals surface area contributed by atoms with Gasteiger partial charge in [-0.1, -0.05) is 36.2 Å². The number of halogens is 1. The minimum absolute atomic E-state index is 0.0378. The van der Waals surface area contributed by atoms with E-state index < -0.39 is 0 Å². The van der Waals surface area contributed by atoms with Gasteiger partial charge < -0.3 is 15.1 Å². The van der Waals surface area contributed by atoms with Crippen LogP contribution < -0.4 is 5.32 Å². The quantitative estimate of drug-likeness (QED) is 0.903. The fourth-order valence-corrected chi connectivity index (χ4v) is 3.58. The Bertz CT molecular complexity index is 594. The molecule has 0 spiro atoms. The van der Waals surface area contributed by atoms with Crippen LogP contribution in [0.4, 0.5) is 0 Å². The lowest BCUT2D eigenvalue weighted by Gasteiger charge is -2.37. The highest BCUT2D eigenvalue weighted by Gasteiger charge is 2.29. The van der Waals surface area contributed by atoms with Crippen molar-refractivity contribution in [3.05, 3.63) is 34.9 Å². The molecule has 1 aromatic carbocycles. The van der Waals surface area contributed by atoms with Gasteiger partial charge in [0.15, 0.2) is 0 Å². The van der Waals surface area contributed by atoms with Crippen LogP contribution in [0.15, 0.2) is 24.3 Å². The first-order chi connectivity index (χ1) is 11.6. The van der Waals surface area contributed by atoms with Crippen LogP contribution in [0.1, 0.15) is 24.8 Å². The van der Waals surface area contributed by atoms with Gasteiger partial charge in [0.1, 0.15) is 0 Å². The summed E-state index contributed by atoms with van der Waals surface area (Å²) < 4.78 is 0. The van der Waals surface area contributed by atoms with Crippen LogP contribution in [-0.4, -0.2) is 60.4 Å². The molecule has 6 heteroatoms. The third-order valence-electron chi connectivity index (χ3n) is 4.85. The third kappa shape index (κ3) is 4.08. The number of nitrogens with one attached hydrogen (secondary N) is 1. The monoisotopic (exact) mass is 349 g/mol. The summed E-state index contributed by atoms with van der Waals surface area (Å²) >= 11 is 6.13. The van der Waals surface area contributed by atoms with Crippen LogP contribution in [0, 0.1) is 0 Å². The van der Waals surface area contributed by atoms with E-state index in [-0.39, 0.29) is 17.9 Å². The molecule has 1 aromatic rings. The summed E-state index contributed by atoms with van der Waals surface area (Å²) in [5, 5.41) is 3.93. The highest BCUT2D eigenvalue weighted by molar-refractivity contribution is 6.31. The summed E-state index contributed by atoms with van der Waals surface area (Å²) in [6.45, 7) is 3.35. The molecule has 1 atom stereocenters. The number of nitrogens with zero attached hydrogens (tertiary/aromatic N) is 2. The molecule has 2 aliphatic rings. The zero-order valence-electron chi connectivity index (χ0n) is 13.8. The second-order valence-corrected chi connectivity index (χ2v) is 6.88. The number of carbonyl (C=O) groups excluding carboxylic acids is 2. The molecule has 2 saturated heterocycles. The first-order valence-corrected chi connectivity index (χ1v) is 9.06. The Morgan fingerprint density at radius 2 is 1.79 bits per heavy atom. The van der Waals surface area contributed by atoms with Crippen LogP contribution in [0.3, 0.4) is 0 Å². The van der Waals surface area contributed by atoms with Gasteiger partial charge in [-0.25, -0.2) is 0 Å². The Labute approximate surface area is 147 Å². The molecule has 3 rings (SSSR count). The molecule has 24 heavy (non-hydrogen) atoms. The van der Waals surface area contributed by atoms with E-state index in [9.17, 15) is 9.59 Å². The molecule has 0 bridgehead atoms. The van der Waals surface area contributed by atoms with E-state index in [2.05, 4.69) is 5.32 Å². The van der Waals surface area contributed by atoms with E-state index in [1.165, 1.54) is 0 Å². The van der Waals surface area contributed by atoms with Gasteiger partial charge in [0, 0.05) is 31.2 Å². The third-order valence-corrected chi connectivity index (χ3v) is 5.22. The number of piperidine rings is 1. The molecule has 0 aromatic heterocycles. The number of hydrogen-bond acceptors (Lipinski definition) is 3. The number of rotatable bonds is 3. The maximum Gasteiger partial charge on any atom is 0.239 e. The number of carbonyl (C=O) groups is 2. The second kappa shape index (κ2) is 7.99. The van der Waals surface area contributed by atoms with E-state index in [1.807, 2.05) is 28.0 Å². The van der Waals surface area contributed by atoms with E-state index in [4.69, 9.17) is 11.6 Å². The predicted octanol–water partition coefficient (Wildman–Crippen LogP) is 1.70. The van der Waals surface area contributed by atoms with E-state index in [0.29, 0.717) is 37.6 Å². The van der Waals surface area contributed by atoms with Crippen molar-refractivity contribution in [1.29, 1.82) is 0 Å². The average Bonchev–Trinajstić information content (AvgIpc) is 2.64. The molecule has 1 unspecified atom stereocenters. The summed E-state index contributed by atoms with van der Waals surface area (Å²) in [6.07, 6.45) is 3.50. The van der Waals surface area contributed by atoms with Crippen molar-refractivity contribution in [1.82, 2.24) is 15.1 Å². The first kappa shape index (κ1) is 17.2. The fraction of sp³-hybridized carbons (Fsp3) is 0.556. The first-order valence-electron chi connectivity index (χ1n) is 8.68. The summed E-state index contributed by atoms with van der Waals surface area (Å²) in [5.41, 5.74) is 0.856. The van der Waals surface area contributed by atoms with Crippen molar-refractivity contribution in [2.45, 2.75) is 31.7 Å². The van der Waals surface area contributed by atoms with Gasteiger partial charge in [0.25, 0.3) is 0 Å². The van der Waals surface area contributed by atoms with Gasteiger partial charge in [0.2, 0.25) is 11.8 Å². The van der Waals surface area contributed by atoms with Gasteiger partial charge in [-0.3, -0.25) is 9.59 Å². The Balaban J connectivity index is 1.50. The molecule has 1 N–H and O–H groups in total. The lowest BCUT2D eigenvalue weighted by molar-refractivity contribution is -0.140.